The lowest BCUT2D eigenvalue weighted by atomic mass is 10.1. The Balaban J connectivity index is 1.87. The van der Waals surface area contributed by atoms with Crippen LogP contribution in [0.25, 0.3) is 22.6 Å². The van der Waals surface area contributed by atoms with Gasteiger partial charge in [-0.05, 0) is 19.9 Å². The third-order valence-corrected chi connectivity index (χ3v) is 4.30. The second-order valence-corrected chi connectivity index (χ2v) is 6.34. The number of morpholine rings is 1. The van der Waals surface area contributed by atoms with Gasteiger partial charge in [-0.15, -0.1) is 5.10 Å². The summed E-state index contributed by atoms with van der Waals surface area (Å²) in [5.41, 5.74) is 0.624. The second-order valence-electron chi connectivity index (χ2n) is 6.34. The van der Waals surface area contributed by atoms with Crippen molar-refractivity contribution in [1.82, 2.24) is 15.4 Å². The summed E-state index contributed by atoms with van der Waals surface area (Å²) in [6, 6.07) is 1.57. The number of aromatic amines is 1. The fraction of sp³-hybridized carbons (Fsp3) is 0.438. The van der Waals surface area contributed by atoms with Crippen LogP contribution in [0.5, 0.6) is 0 Å². The fourth-order valence-electron chi connectivity index (χ4n) is 3.39. The number of fused-ring (bicyclic) bond motifs is 1. The Morgan fingerprint density at radius 1 is 1.38 bits per heavy atom. The second kappa shape index (κ2) is 6.22. The Morgan fingerprint density at radius 2 is 2.12 bits per heavy atom. The number of ether oxygens (including phenoxy) is 1. The third kappa shape index (κ3) is 2.67. The van der Waals surface area contributed by atoms with Gasteiger partial charge in [-0.3, -0.25) is 0 Å². The molecule has 1 fully saturated rings. The molecular formula is C16H17FN4O5. The number of aliphatic hydroxyl groups excluding tert-OH is 1. The largest absolute Gasteiger partial charge is 0.434 e. The predicted octanol–water partition coefficient (Wildman–Crippen LogP) is 1.42. The average Bonchev–Trinajstić information content (AvgIpc) is 3.19. The van der Waals surface area contributed by atoms with E-state index in [1.54, 1.807) is 6.07 Å². The molecule has 3 aromatic rings. The number of benzene rings is 1. The van der Waals surface area contributed by atoms with E-state index in [2.05, 4.69) is 15.4 Å². The lowest BCUT2D eigenvalue weighted by Gasteiger charge is -2.37. The molecule has 0 saturated carbocycles. The zero-order chi connectivity index (χ0) is 18.4. The van der Waals surface area contributed by atoms with Gasteiger partial charge in [-0.1, -0.05) is 5.16 Å². The molecule has 138 valence electrons. The molecule has 10 heteroatoms. The summed E-state index contributed by atoms with van der Waals surface area (Å²) in [6.07, 6.45) is -0.159. The van der Waals surface area contributed by atoms with Crippen LogP contribution in [0.3, 0.4) is 0 Å². The lowest BCUT2D eigenvalue weighted by molar-refractivity contribution is -0.00549. The standard InChI is InChI=1S/C16H17FN4O5/c1-7-4-21(5-8(2)24-7)13-9(6-22)3-10-12(15-18-19-16(23)25-15)20-26-14(10)11(13)17/h3,7-8,22H,4-6H2,1-2H3,(H,19,23)/t7-,8+. The number of nitrogens with zero attached hydrogens (tertiary/aromatic N) is 3. The molecule has 0 radical (unpaired) electrons. The van der Waals surface area contributed by atoms with Gasteiger partial charge in [-0.2, -0.15) is 0 Å². The van der Waals surface area contributed by atoms with Crippen molar-refractivity contribution in [2.45, 2.75) is 32.7 Å². The Bertz CT molecular complexity index is 1000. The van der Waals surface area contributed by atoms with Crippen molar-refractivity contribution in [2.75, 3.05) is 18.0 Å². The van der Waals surface area contributed by atoms with Crippen LogP contribution in [0, 0.1) is 5.82 Å². The first kappa shape index (κ1) is 16.7. The average molecular weight is 364 g/mol. The van der Waals surface area contributed by atoms with E-state index in [1.165, 1.54) is 0 Å². The van der Waals surface area contributed by atoms with E-state index in [9.17, 15) is 9.90 Å². The molecule has 0 aliphatic carbocycles. The first-order chi connectivity index (χ1) is 12.5. The predicted molar refractivity (Wildman–Crippen MR) is 88.2 cm³/mol. The van der Waals surface area contributed by atoms with Crippen molar-refractivity contribution in [3.63, 3.8) is 0 Å². The molecule has 2 atom stereocenters. The van der Waals surface area contributed by atoms with Crippen molar-refractivity contribution in [2.24, 2.45) is 0 Å². The van der Waals surface area contributed by atoms with E-state index in [0.29, 0.717) is 18.7 Å². The number of H-pyrrole nitrogens is 1. The molecule has 2 N–H and O–H groups in total. The number of nitrogens with one attached hydrogen (secondary N) is 1. The van der Waals surface area contributed by atoms with Gasteiger partial charge in [0.15, 0.2) is 11.5 Å². The molecule has 0 amide bonds. The van der Waals surface area contributed by atoms with Gasteiger partial charge in [-0.25, -0.2) is 14.3 Å². The Labute approximate surface area is 146 Å². The molecule has 1 aromatic carbocycles. The molecule has 0 unspecified atom stereocenters. The number of anilines is 1. The highest BCUT2D eigenvalue weighted by Gasteiger charge is 2.30. The third-order valence-electron chi connectivity index (χ3n) is 4.30. The summed E-state index contributed by atoms with van der Waals surface area (Å²) >= 11 is 0. The number of hydrogen-bond acceptors (Lipinski definition) is 8. The Kier molecular flexibility index (Phi) is 4.00. The summed E-state index contributed by atoms with van der Waals surface area (Å²) in [7, 11) is 0. The van der Waals surface area contributed by atoms with E-state index >= 15 is 4.39 Å². The molecule has 2 aromatic heterocycles. The molecule has 26 heavy (non-hydrogen) atoms. The highest BCUT2D eigenvalue weighted by atomic mass is 19.1. The van der Waals surface area contributed by atoms with Gasteiger partial charge in [0.05, 0.1) is 29.9 Å². The number of halogens is 1. The smallest absolute Gasteiger partial charge is 0.392 e. The topological polar surface area (TPSA) is 118 Å². The molecule has 3 heterocycles. The van der Waals surface area contributed by atoms with Gasteiger partial charge in [0, 0.05) is 18.7 Å². The van der Waals surface area contributed by atoms with Crippen molar-refractivity contribution >= 4 is 16.7 Å². The van der Waals surface area contributed by atoms with Gasteiger partial charge in [0.2, 0.25) is 5.58 Å². The van der Waals surface area contributed by atoms with Gasteiger partial charge in [0.25, 0.3) is 5.89 Å². The normalized spacial score (nSPS) is 20.8. The molecule has 0 spiro atoms. The van der Waals surface area contributed by atoms with Gasteiger partial charge in [0.1, 0.15) is 0 Å². The number of aromatic nitrogens is 3. The van der Waals surface area contributed by atoms with Gasteiger partial charge < -0.3 is 23.7 Å². The molecular weight excluding hydrogens is 347 g/mol. The van der Waals surface area contributed by atoms with E-state index < -0.39 is 11.6 Å². The number of rotatable bonds is 3. The van der Waals surface area contributed by atoms with Crippen LogP contribution in [0.15, 0.2) is 19.8 Å². The zero-order valence-corrected chi connectivity index (χ0v) is 14.2. The Morgan fingerprint density at radius 3 is 2.73 bits per heavy atom. The first-order valence-corrected chi connectivity index (χ1v) is 8.15. The van der Waals surface area contributed by atoms with E-state index in [0.717, 1.165) is 0 Å². The van der Waals surface area contributed by atoms with Crippen LogP contribution < -0.4 is 10.7 Å². The van der Waals surface area contributed by atoms with Crippen LogP contribution in [0.4, 0.5) is 10.1 Å². The van der Waals surface area contributed by atoms with Gasteiger partial charge >= 0.3 is 5.76 Å². The molecule has 1 aliphatic rings. The molecule has 9 nitrogen and oxygen atoms in total. The summed E-state index contributed by atoms with van der Waals surface area (Å²) in [5.74, 6) is -1.50. The minimum absolute atomic E-state index is 0.0796. The van der Waals surface area contributed by atoms with E-state index in [1.807, 2.05) is 18.7 Å². The molecule has 1 saturated heterocycles. The van der Waals surface area contributed by atoms with Crippen LogP contribution in [0.2, 0.25) is 0 Å². The van der Waals surface area contributed by atoms with Crippen LogP contribution in [-0.4, -0.2) is 45.8 Å². The number of hydrogen-bond donors (Lipinski definition) is 2. The monoisotopic (exact) mass is 364 g/mol. The zero-order valence-electron chi connectivity index (χ0n) is 14.2. The maximum absolute atomic E-state index is 15.2. The molecule has 1 aliphatic heterocycles. The summed E-state index contributed by atoms with van der Waals surface area (Å²) in [5, 5.41) is 19.6. The summed E-state index contributed by atoms with van der Waals surface area (Å²) in [6.45, 7) is 4.40. The summed E-state index contributed by atoms with van der Waals surface area (Å²) in [4.78, 5) is 13.0. The highest BCUT2D eigenvalue weighted by molar-refractivity contribution is 5.93. The lowest BCUT2D eigenvalue weighted by Crippen LogP contribution is -2.46. The SMILES string of the molecule is C[C@@H]1CN(c2c(CO)cc3c(-c4n[nH]c(=O)o4)noc3c2F)C[C@H](C)O1. The van der Waals surface area contributed by atoms with Crippen molar-refractivity contribution in [3.8, 4) is 11.6 Å². The maximum Gasteiger partial charge on any atom is 0.434 e. The van der Waals surface area contributed by atoms with Crippen molar-refractivity contribution in [1.29, 1.82) is 0 Å². The van der Waals surface area contributed by atoms with Crippen molar-refractivity contribution < 1.29 is 23.2 Å². The summed E-state index contributed by atoms with van der Waals surface area (Å²) < 4.78 is 30.9. The Hall–Kier alpha value is -2.72. The molecule has 0 bridgehead atoms. The minimum Gasteiger partial charge on any atom is -0.392 e. The maximum atomic E-state index is 15.2. The van der Waals surface area contributed by atoms with Crippen LogP contribution in [-0.2, 0) is 11.3 Å². The molecule has 4 rings (SSSR count). The van der Waals surface area contributed by atoms with E-state index in [4.69, 9.17) is 13.7 Å². The van der Waals surface area contributed by atoms with Crippen LogP contribution >= 0.6 is 0 Å². The minimum atomic E-state index is -0.757. The van der Waals surface area contributed by atoms with Crippen molar-refractivity contribution in [3.05, 3.63) is 28.0 Å². The fourth-order valence-corrected chi connectivity index (χ4v) is 3.39. The number of aliphatic hydroxyl groups is 1. The van der Waals surface area contributed by atoms with Crippen LogP contribution in [0.1, 0.15) is 19.4 Å². The van der Waals surface area contributed by atoms with E-state index in [-0.39, 0.29) is 47.1 Å². The quantitative estimate of drug-likeness (QED) is 0.716. The highest BCUT2D eigenvalue weighted by Crippen LogP contribution is 2.37. The first-order valence-electron chi connectivity index (χ1n) is 8.15.